The number of hydrogen-bond donors (Lipinski definition) is 0. The van der Waals surface area contributed by atoms with E-state index in [1.54, 1.807) is 18.2 Å². The molecule has 0 aliphatic heterocycles. The van der Waals surface area contributed by atoms with Gasteiger partial charge in [0.25, 0.3) is 5.78 Å². The van der Waals surface area contributed by atoms with Gasteiger partial charge in [0.2, 0.25) is 5.78 Å². The van der Waals surface area contributed by atoms with E-state index in [0.29, 0.717) is 0 Å². The van der Waals surface area contributed by atoms with Crippen LogP contribution < -0.4 is 0 Å². The van der Waals surface area contributed by atoms with Crippen molar-refractivity contribution in [1.29, 1.82) is 0 Å². The van der Waals surface area contributed by atoms with Crippen LogP contribution >= 0.6 is 0 Å². The van der Waals surface area contributed by atoms with E-state index < -0.39 is 11.6 Å². The van der Waals surface area contributed by atoms with E-state index in [9.17, 15) is 14.4 Å². The number of carbonyl (C=O) groups is 3. The Morgan fingerprint density at radius 1 is 1.08 bits per heavy atom. The number of benzene rings is 1. The summed E-state index contributed by atoms with van der Waals surface area (Å²) in [5, 5.41) is 0. The molecule has 0 saturated carbocycles. The van der Waals surface area contributed by atoms with Gasteiger partial charge in [0.1, 0.15) is 0 Å². The van der Waals surface area contributed by atoms with E-state index in [0.717, 1.165) is 0 Å². The van der Waals surface area contributed by atoms with Gasteiger partial charge in [-0.3, -0.25) is 14.4 Å². The summed E-state index contributed by atoms with van der Waals surface area (Å²) >= 11 is 0. The minimum Gasteiger partial charge on any atom is -0.294 e. The molecule has 3 nitrogen and oxygen atoms in total. The van der Waals surface area contributed by atoms with E-state index in [1.165, 1.54) is 12.1 Å². The largest absolute Gasteiger partial charge is 0.294 e. The van der Waals surface area contributed by atoms with E-state index in [2.05, 4.69) is 0 Å². The first kappa shape index (κ1) is 8.33. The predicted octanol–water partition coefficient (Wildman–Crippen LogP) is 0.637. The molecule has 0 atom stereocenters. The fourth-order valence-electron chi connectivity index (χ4n) is 0.785. The number of Topliss-reactive ketones (excluding diaryl/α,β-unsaturated/α-hetero) is 2. The molecule has 1 rings (SSSR count). The number of carbonyl (C=O) groups excluding carboxylic acids is 3. The molecule has 0 spiro atoms. The molecular weight excluding hydrogens is 156 g/mol. The van der Waals surface area contributed by atoms with Crippen LogP contribution in [0.2, 0.25) is 0 Å². The first-order chi connectivity index (χ1) is 5.75. The van der Waals surface area contributed by atoms with E-state index >= 15 is 0 Å². The fourth-order valence-corrected chi connectivity index (χ4v) is 0.785. The number of ketones is 2. The Kier molecular flexibility index (Phi) is 2.48. The van der Waals surface area contributed by atoms with Gasteiger partial charge < -0.3 is 0 Å². The van der Waals surface area contributed by atoms with Crippen molar-refractivity contribution < 1.29 is 14.4 Å². The fraction of sp³-hybridized carbons (Fsp3) is 0. The Morgan fingerprint density at radius 3 is 2.17 bits per heavy atom. The maximum Gasteiger partial charge on any atom is 0.265 e. The summed E-state index contributed by atoms with van der Waals surface area (Å²) in [4.78, 5) is 31.5. The Labute approximate surface area is 69.0 Å². The molecule has 1 aromatic carbocycles. The molecule has 0 aliphatic carbocycles. The SMILES string of the molecule is O=CC(=O)C(=O)c1ccccc1. The van der Waals surface area contributed by atoms with Gasteiger partial charge in [0, 0.05) is 5.56 Å². The monoisotopic (exact) mass is 162 g/mol. The molecule has 12 heavy (non-hydrogen) atoms. The highest BCUT2D eigenvalue weighted by molar-refractivity contribution is 6.61. The molecule has 0 radical (unpaired) electrons. The summed E-state index contributed by atoms with van der Waals surface area (Å²) in [6.07, 6.45) is 0.0231. The van der Waals surface area contributed by atoms with Gasteiger partial charge in [-0.1, -0.05) is 30.3 Å². The maximum absolute atomic E-state index is 11.0. The average Bonchev–Trinajstić information content (AvgIpc) is 2.17. The van der Waals surface area contributed by atoms with E-state index in [1.807, 2.05) is 0 Å². The lowest BCUT2D eigenvalue weighted by molar-refractivity contribution is -0.126. The predicted molar refractivity (Wildman–Crippen MR) is 41.8 cm³/mol. The van der Waals surface area contributed by atoms with Crippen molar-refractivity contribution in [2.24, 2.45) is 0 Å². The van der Waals surface area contributed by atoms with Crippen molar-refractivity contribution >= 4 is 17.9 Å². The van der Waals surface area contributed by atoms with Gasteiger partial charge in [-0.15, -0.1) is 0 Å². The van der Waals surface area contributed by atoms with Crippen molar-refractivity contribution in [2.75, 3.05) is 0 Å². The van der Waals surface area contributed by atoms with Crippen molar-refractivity contribution in [1.82, 2.24) is 0 Å². The van der Waals surface area contributed by atoms with Crippen LogP contribution in [0.5, 0.6) is 0 Å². The summed E-state index contributed by atoms with van der Waals surface area (Å²) in [7, 11) is 0. The second-order valence-electron chi connectivity index (χ2n) is 2.18. The minimum absolute atomic E-state index is 0.0231. The Hall–Kier alpha value is -1.77. The molecule has 0 heterocycles. The van der Waals surface area contributed by atoms with Crippen molar-refractivity contribution in [3.8, 4) is 0 Å². The molecule has 0 saturated heterocycles. The third-order valence-electron chi connectivity index (χ3n) is 1.37. The maximum atomic E-state index is 11.0. The van der Waals surface area contributed by atoms with Crippen LogP contribution in [0.3, 0.4) is 0 Å². The lowest BCUT2D eigenvalue weighted by atomic mass is 10.1. The molecular formula is C9H6O3. The number of rotatable bonds is 3. The molecule has 0 bridgehead atoms. The van der Waals surface area contributed by atoms with E-state index in [-0.39, 0.29) is 11.8 Å². The van der Waals surface area contributed by atoms with Crippen LogP contribution in [-0.2, 0) is 9.59 Å². The summed E-state index contributed by atoms with van der Waals surface area (Å²) in [6, 6.07) is 7.96. The summed E-state index contributed by atoms with van der Waals surface area (Å²) in [5.41, 5.74) is 0.245. The van der Waals surface area contributed by atoms with Gasteiger partial charge in [-0.05, 0) is 0 Å². The van der Waals surface area contributed by atoms with Crippen LogP contribution in [0.25, 0.3) is 0 Å². The zero-order valence-electron chi connectivity index (χ0n) is 6.19. The molecule has 0 amide bonds. The highest BCUT2D eigenvalue weighted by atomic mass is 16.2. The Balaban J connectivity index is 2.93. The van der Waals surface area contributed by atoms with Crippen molar-refractivity contribution in [3.63, 3.8) is 0 Å². The molecule has 1 aromatic rings. The van der Waals surface area contributed by atoms with Gasteiger partial charge in [0.05, 0.1) is 0 Å². The summed E-state index contributed by atoms with van der Waals surface area (Å²) < 4.78 is 0. The van der Waals surface area contributed by atoms with Crippen LogP contribution in [0.4, 0.5) is 0 Å². The van der Waals surface area contributed by atoms with Crippen LogP contribution in [0, 0.1) is 0 Å². The van der Waals surface area contributed by atoms with Gasteiger partial charge in [0.15, 0.2) is 6.29 Å². The van der Waals surface area contributed by atoms with Crippen LogP contribution in [0.1, 0.15) is 10.4 Å². The third kappa shape index (κ3) is 1.63. The molecule has 0 unspecified atom stereocenters. The highest BCUT2D eigenvalue weighted by Gasteiger charge is 2.13. The second kappa shape index (κ2) is 3.57. The zero-order valence-corrected chi connectivity index (χ0v) is 6.19. The Bertz CT molecular complexity index is 314. The van der Waals surface area contributed by atoms with Crippen molar-refractivity contribution in [3.05, 3.63) is 35.9 Å². The van der Waals surface area contributed by atoms with Crippen LogP contribution in [0.15, 0.2) is 30.3 Å². The summed E-state index contributed by atoms with van der Waals surface area (Å²) in [6.45, 7) is 0. The molecule has 60 valence electrons. The average molecular weight is 162 g/mol. The lowest BCUT2D eigenvalue weighted by Crippen LogP contribution is -2.14. The minimum atomic E-state index is -1.01. The topological polar surface area (TPSA) is 51.2 Å². The molecule has 0 aliphatic rings. The summed E-state index contributed by atoms with van der Waals surface area (Å²) in [5.74, 6) is -1.77. The Morgan fingerprint density at radius 2 is 1.67 bits per heavy atom. The van der Waals surface area contributed by atoms with Gasteiger partial charge in [-0.25, -0.2) is 0 Å². The van der Waals surface area contributed by atoms with Crippen molar-refractivity contribution in [2.45, 2.75) is 0 Å². The number of hydrogen-bond acceptors (Lipinski definition) is 3. The first-order valence-electron chi connectivity index (χ1n) is 3.34. The molecule has 3 heteroatoms. The van der Waals surface area contributed by atoms with Gasteiger partial charge in [-0.2, -0.15) is 0 Å². The standard InChI is InChI=1S/C9H6O3/c10-6-8(11)9(12)7-4-2-1-3-5-7/h1-6H. The molecule has 0 N–H and O–H groups in total. The van der Waals surface area contributed by atoms with E-state index in [4.69, 9.17) is 0 Å². The first-order valence-corrected chi connectivity index (χ1v) is 3.34. The highest BCUT2D eigenvalue weighted by Crippen LogP contribution is 1.99. The lowest BCUT2D eigenvalue weighted by Gasteiger charge is -1.92. The normalized spacial score (nSPS) is 9.00. The zero-order chi connectivity index (χ0) is 8.97. The smallest absolute Gasteiger partial charge is 0.265 e. The quantitative estimate of drug-likeness (QED) is 0.283. The molecule has 0 aromatic heterocycles. The third-order valence-corrected chi connectivity index (χ3v) is 1.37. The van der Waals surface area contributed by atoms with Crippen LogP contribution in [-0.4, -0.2) is 17.9 Å². The van der Waals surface area contributed by atoms with Gasteiger partial charge >= 0.3 is 0 Å². The number of aldehydes is 1. The molecule has 0 fully saturated rings. The second-order valence-corrected chi connectivity index (χ2v) is 2.18.